The van der Waals surface area contributed by atoms with Crippen molar-refractivity contribution < 1.29 is 19.1 Å². The van der Waals surface area contributed by atoms with Crippen LogP contribution in [0.1, 0.15) is 51.7 Å². The summed E-state index contributed by atoms with van der Waals surface area (Å²) in [4.78, 5) is 33.8. The molecule has 1 unspecified atom stereocenters. The molecule has 0 bridgehead atoms. The third kappa shape index (κ3) is 4.57. The van der Waals surface area contributed by atoms with Gasteiger partial charge in [-0.05, 0) is 69.6 Å². The van der Waals surface area contributed by atoms with E-state index >= 15 is 0 Å². The molecule has 0 aliphatic carbocycles. The van der Waals surface area contributed by atoms with E-state index in [1.165, 1.54) is 11.0 Å². The Morgan fingerprint density at radius 3 is 2.51 bits per heavy atom. The van der Waals surface area contributed by atoms with Crippen LogP contribution in [0.15, 0.2) is 35.9 Å². The number of cyclic esters (lactones) is 1. The molecule has 0 aromatic carbocycles. The summed E-state index contributed by atoms with van der Waals surface area (Å²) in [5, 5.41) is 11.2. The van der Waals surface area contributed by atoms with Crippen LogP contribution in [0.4, 0.5) is 0 Å². The van der Waals surface area contributed by atoms with Crippen LogP contribution in [-0.2, 0) is 19.1 Å². The number of amides is 1. The molecule has 2 fully saturated rings. The van der Waals surface area contributed by atoms with Crippen molar-refractivity contribution in [1.82, 2.24) is 35.0 Å². The van der Waals surface area contributed by atoms with Gasteiger partial charge in [0.25, 0.3) is 0 Å². The van der Waals surface area contributed by atoms with Crippen molar-refractivity contribution in [3.05, 3.63) is 41.5 Å². The van der Waals surface area contributed by atoms with Gasteiger partial charge in [0.15, 0.2) is 5.82 Å². The number of nitrogens with zero attached hydrogens (tertiary/aromatic N) is 7. The van der Waals surface area contributed by atoms with Gasteiger partial charge in [-0.25, -0.2) is 9.78 Å². The molecule has 5 heterocycles. The van der Waals surface area contributed by atoms with E-state index in [2.05, 4.69) is 25.4 Å². The Kier molecular flexibility index (Phi) is 6.37. The van der Waals surface area contributed by atoms with Crippen LogP contribution in [-0.4, -0.2) is 85.8 Å². The zero-order valence-electron chi connectivity index (χ0n) is 20.4. The number of aromatic nitrogens is 5. The van der Waals surface area contributed by atoms with E-state index in [0.717, 1.165) is 50.2 Å². The number of hydrogen-bond acceptors (Lipinski definition) is 9. The van der Waals surface area contributed by atoms with E-state index in [4.69, 9.17) is 9.47 Å². The molecule has 5 rings (SSSR count). The maximum Gasteiger partial charge on any atom is 0.336 e. The largest absolute Gasteiger partial charge is 0.456 e. The lowest BCUT2D eigenvalue weighted by Gasteiger charge is -2.39. The average molecular weight is 482 g/mol. The number of tetrazole rings is 1. The van der Waals surface area contributed by atoms with Gasteiger partial charge in [0.05, 0.1) is 28.9 Å². The minimum absolute atomic E-state index is 0.0631. The minimum atomic E-state index is -0.348. The summed E-state index contributed by atoms with van der Waals surface area (Å²) < 4.78 is 12.9. The topological polar surface area (TPSA) is 116 Å². The number of carbonyl (C=O) groups excluding carboxylic acids is 2. The average Bonchev–Trinajstić information content (AvgIpc) is 3.57. The molecule has 3 aliphatic rings. The molecule has 1 atom stereocenters. The predicted octanol–water partition coefficient (Wildman–Crippen LogP) is 1.67. The first-order chi connectivity index (χ1) is 16.9. The fourth-order valence-electron chi connectivity index (χ4n) is 5.23. The first kappa shape index (κ1) is 23.6. The van der Waals surface area contributed by atoms with Crippen LogP contribution in [0.2, 0.25) is 0 Å². The van der Waals surface area contributed by atoms with Gasteiger partial charge in [-0.2, -0.15) is 4.68 Å². The van der Waals surface area contributed by atoms with Crippen molar-refractivity contribution in [2.24, 2.45) is 5.41 Å². The zero-order chi connectivity index (χ0) is 24.6. The Morgan fingerprint density at radius 1 is 1.14 bits per heavy atom. The fourth-order valence-corrected chi connectivity index (χ4v) is 5.23. The third-order valence-electron chi connectivity index (χ3n) is 7.32. The summed E-state index contributed by atoms with van der Waals surface area (Å²) in [5.41, 5.74) is 1.94. The van der Waals surface area contributed by atoms with E-state index < -0.39 is 0 Å². The normalized spacial score (nSPS) is 21.4. The molecule has 2 saturated heterocycles. The highest BCUT2D eigenvalue weighted by molar-refractivity contribution is 5.94. The minimum Gasteiger partial charge on any atom is -0.456 e. The summed E-state index contributed by atoms with van der Waals surface area (Å²) in [6.07, 6.45) is 5.67. The van der Waals surface area contributed by atoms with Crippen LogP contribution >= 0.6 is 0 Å². The van der Waals surface area contributed by atoms with Gasteiger partial charge in [-0.1, -0.05) is 6.07 Å². The number of pyridine rings is 1. The maximum absolute atomic E-state index is 13.4. The lowest BCUT2D eigenvalue weighted by molar-refractivity contribution is -0.139. The van der Waals surface area contributed by atoms with Crippen LogP contribution in [0.3, 0.4) is 0 Å². The Balaban J connectivity index is 1.23. The zero-order valence-corrected chi connectivity index (χ0v) is 20.4. The van der Waals surface area contributed by atoms with Crippen molar-refractivity contribution in [2.75, 3.05) is 32.8 Å². The second-order valence-electron chi connectivity index (χ2n) is 9.81. The van der Waals surface area contributed by atoms with Crippen molar-refractivity contribution in [1.29, 1.82) is 0 Å². The van der Waals surface area contributed by atoms with Crippen LogP contribution in [0.25, 0.3) is 5.82 Å². The van der Waals surface area contributed by atoms with E-state index in [1.807, 2.05) is 32.2 Å². The maximum atomic E-state index is 13.4. The molecule has 3 aliphatic heterocycles. The van der Waals surface area contributed by atoms with E-state index in [1.54, 1.807) is 11.8 Å². The Bertz CT molecular complexity index is 1110. The number of hydrogen-bond donors (Lipinski definition) is 0. The van der Waals surface area contributed by atoms with Crippen molar-refractivity contribution in [3.8, 4) is 5.82 Å². The van der Waals surface area contributed by atoms with Crippen molar-refractivity contribution in [2.45, 2.75) is 52.2 Å². The van der Waals surface area contributed by atoms with Gasteiger partial charge >= 0.3 is 5.97 Å². The van der Waals surface area contributed by atoms with E-state index in [-0.39, 0.29) is 36.1 Å². The number of piperidine rings is 1. The fraction of sp³-hybridized carbons (Fsp3) is 0.583. The third-order valence-corrected chi connectivity index (χ3v) is 7.32. The van der Waals surface area contributed by atoms with Gasteiger partial charge in [0.1, 0.15) is 12.9 Å². The molecular weight excluding hydrogens is 450 g/mol. The quantitative estimate of drug-likeness (QED) is 0.545. The van der Waals surface area contributed by atoms with Crippen molar-refractivity contribution in [3.63, 3.8) is 0 Å². The molecule has 2 aromatic heterocycles. The Labute approximate surface area is 204 Å². The lowest BCUT2D eigenvalue weighted by atomic mass is 9.77. The SMILES string of the molecule is CC1=C(N2CCC3(CCN(CC(OC(C)C)c4ccc(-n5cnnn5)nc4)CC3)C2=O)COC1=O. The van der Waals surface area contributed by atoms with E-state index in [9.17, 15) is 9.59 Å². The first-order valence-electron chi connectivity index (χ1n) is 12.1. The molecule has 1 spiro atoms. The Hall–Kier alpha value is -3.18. The standard InChI is InChI=1S/C24H31N7O4/c1-16(2)35-20(18-4-5-21(25-12-18)31-15-26-27-28-31)13-29-9-6-24(7-10-29)8-11-30(23(24)33)19-14-34-22(32)17(19)3/h4-5,12,15-16,20H,6-11,13-14H2,1-3H3. The van der Waals surface area contributed by atoms with Gasteiger partial charge in [-0.15, -0.1) is 5.10 Å². The summed E-state index contributed by atoms with van der Waals surface area (Å²) in [7, 11) is 0. The summed E-state index contributed by atoms with van der Waals surface area (Å²) >= 11 is 0. The van der Waals surface area contributed by atoms with Crippen LogP contribution < -0.4 is 0 Å². The number of likely N-dealkylation sites (tertiary alicyclic amines) is 2. The second kappa shape index (κ2) is 9.46. The molecular formula is C24H31N7O4. The smallest absolute Gasteiger partial charge is 0.336 e. The predicted molar refractivity (Wildman–Crippen MR) is 124 cm³/mol. The van der Waals surface area contributed by atoms with Crippen molar-refractivity contribution >= 4 is 11.9 Å². The molecule has 1 amide bonds. The number of ether oxygens (including phenoxy) is 2. The Morgan fingerprint density at radius 2 is 1.91 bits per heavy atom. The van der Waals surface area contributed by atoms with Crippen LogP contribution in [0, 0.1) is 5.41 Å². The van der Waals surface area contributed by atoms with E-state index in [0.29, 0.717) is 17.9 Å². The highest BCUT2D eigenvalue weighted by Gasteiger charge is 2.50. The molecule has 11 heteroatoms. The highest BCUT2D eigenvalue weighted by atomic mass is 16.5. The molecule has 11 nitrogen and oxygen atoms in total. The molecule has 186 valence electrons. The first-order valence-corrected chi connectivity index (χ1v) is 12.1. The summed E-state index contributed by atoms with van der Waals surface area (Å²) in [6.45, 7) is 9.02. The second-order valence-corrected chi connectivity index (χ2v) is 9.81. The lowest BCUT2D eigenvalue weighted by Crippen LogP contribution is -2.46. The number of esters is 1. The monoisotopic (exact) mass is 481 g/mol. The molecule has 0 N–H and O–H groups in total. The van der Waals surface area contributed by atoms with Gasteiger partial charge in [0, 0.05) is 24.8 Å². The van der Waals surface area contributed by atoms with Gasteiger partial charge in [-0.3, -0.25) is 4.79 Å². The molecule has 0 radical (unpaired) electrons. The highest BCUT2D eigenvalue weighted by Crippen LogP contribution is 2.44. The van der Waals surface area contributed by atoms with Gasteiger partial charge in [0.2, 0.25) is 5.91 Å². The molecule has 0 saturated carbocycles. The molecule has 35 heavy (non-hydrogen) atoms. The number of rotatable bonds is 7. The summed E-state index contributed by atoms with van der Waals surface area (Å²) in [5.74, 6) is 0.466. The summed E-state index contributed by atoms with van der Waals surface area (Å²) in [6, 6.07) is 3.88. The molecule has 2 aromatic rings. The van der Waals surface area contributed by atoms with Crippen LogP contribution in [0.5, 0.6) is 0 Å². The van der Waals surface area contributed by atoms with Gasteiger partial charge < -0.3 is 19.3 Å². The number of carbonyl (C=O) groups is 2.